The van der Waals surface area contributed by atoms with E-state index >= 15 is 0 Å². The molecule has 1 N–H and O–H groups in total. The van der Waals surface area contributed by atoms with E-state index in [9.17, 15) is 31.9 Å². The van der Waals surface area contributed by atoms with Crippen LogP contribution in [0, 0.1) is 11.6 Å². The van der Waals surface area contributed by atoms with Gasteiger partial charge in [-0.3, -0.25) is 0 Å². The highest BCUT2D eigenvalue weighted by Gasteiger charge is 2.33. The van der Waals surface area contributed by atoms with E-state index < -0.39 is 35.0 Å². The molecule has 1 heterocycles. The van der Waals surface area contributed by atoms with Crippen molar-refractivity contribution in [1.82, 2.24) is 4.98 Å². The summed E-state index contributed by atoms with van der Waals surface area (Å²) in [7, 11) is 0. The summed E-state index contributed by atoms with van der Waals surface area (Å²) >= 11 is 6.18. The predicted octanol–water partition coefficient (Wildman–Crippen LogP) is 7.40. The molecule has 10 heteroatoms. The van der Waals surface area contributed by atoms with Crippen LogP contribution in [0.4, 0.5) is 22.0 Å². The molecule has 4 nitrogen and oxygen atoms in total. The van der Waals surface area contributed by atoms with Crippen molar-refractivity contribution in [3.63, 3.8) is 0 Å². The number of aromatic carboxylic acids is 1. The lowest BCUT2D eigenvalue weighted by atomic mass is 9.98. The molecule has 2 aromatic carbocycles. The van der Waals surface area contributed by atoms with Crippen LogP contribution in [0.25, 0.3) is 11.1 Å². The molecule has 0 saturated heterocycles. The maximum atomic E-state index is 14.0. The Labute approximate surface area is 201 Å². The van der Waals surface area contributed by atoms with Gasteiger partial charge in [-0.05, 0) is 72.9 Å². The second kappa shape index (κ2) is 9.65. The van der Waals surface area contributed by atoms with Gasteiger partial charge in [0.25, 0.3) is 0 Å². The Morgan fingerprint density at radius 3 is 2.46 bits per heavy atom. The number of ether oxygens (including phenoxy) is 1. The van der Waals surface area contributed by atoms with Crippen LogP contribution < -0.4 is 4.74 Å². The Morgan fingerprint density at radius 2 is 1.77 bits per heavy atom. The molecule has 35 heavy (non-hydrogen) atoms. The molecule has 0 saturated carbocycles. The zero-order valence-electron chi connectivity index (χ0n) is 17.9. The fraction of sp³-hybridized carbons (Fsp3) is 0.200. The lowest BCUT2D eigenvalue weighted by molar-refractivity contribution is -0.137. The second-order valence-corrected chi connectivity index (χ2v) is 8.34. The number of alkyl halides is 3. The molecular formula is C25H17ClF5NO3. The first-order valence-electron chi connectivity index (χ1n) is 10.4. The van der Waals surface area contributed by atoms with Crippen molar-refractivity contribution in [2.45, 2.75) is 32.0 Å². The molecule has 0 bridgehead atoms. The van der Waals surface area contributed by atoms with Gasteiger partial charge in [-0.2, -0.15) is 13.2 Å². The zero-order chi connectivity index (χ0) is 25.3. The molecule has 0 spiro atoms. The van der Waals surface area contributed by atoms with Crippen LogP contribution in [-0.4, -0.2) is 16.1 Å². The predicted molar refractivity (Wildman–Crippen MR) is 119 cm³/mol. The van der Waals surface area contributed by atoms with E-state index in [-0.39, 0.29) is 23.6 Å². The van der Waals surface area contributed by atoms with Gasteiger partial charge in [0.2, 0.25) is 0 Å². The average molecular weight is 510 g/mol. The topological polar surface area (TPSA) is 59.4 Å². The van der Waals surface area contributed by atoms with E-state index in [0.717, 1.165) is 18.2 Å². The normalized spacial score (nSPS) is 13.9. The molecule has 182 valence electrons. The molecule has 0 unspecified atom stereocenters. The van der Waals surface area contributed by atoms with Crippen molar-refractivity contribution < 1.29 is 36.6 Å². The summed E-state index contributed by atoms with van der Waals surface area (Å²) in [4.78, 5) is 15.4. The maximum absolute atomic E-state index is 14.0. The number of hydrogen-bond donors (Lipinski definition) is 1. The molecule has 0 radical (unpaired) electrons. The maximum Gasteiger partial charge on any atom is 0.416 e. The van der Waals surface area contributed by atoms with E-state index in [0.29, 0.717) is 47.1 Å². The Hall–Kier alpha value is -3.46. The van der Waals surface area contributed by atoms with Crippen LogP contribution in [0.5, 0.6) is 5.75 Å². The molecule has 0 amide bonds. The van der Waals surface area contributed by atoms with Gasteiger partial charge in [-0.1, -0.05) is 11.6 Å². The highest BCUT2D eigenvalue weighted by Crippen LogP contribution is 2.44. The number of benzene rings is 2. The number of halogens is 6. The smallest absolute Gasteiger partial charge is 0.416 e. The summed E-state index contributed by atoms with van der Waals surface area (Å²) in [6.07, 6.45) is -3.35. The molecule has 1 aliphatic carbocycles. The largest absolute Gasteiger partial charge is 0.488 e. The first-order chi connectivity index (χ1) is 16.5. The van der Waals surface area contributed by atoms with E-state index in [1.165, 1.54) is 6.07 Å². The number of rotatable bonds is 6. The lowest BCUT2D eigenvalue weighted by Crippen LogP contribution is -2.11. The highest BCUT2D eigenvalue weighted by atomic mass is 35.5. The first-order valence-corrected chi connectivity index (χ1v) is 10.8. The summed E-state index contributed by atoms with van der Waals surface area (Å²) in [6, 6.07) is 9.06. The zero-order valence-corrected chi connectivity index (χ0v) is 18.7. The number of aromatic nitrogens is 1. The number of hydrogen-bond acceptors (Lipinski definition) is 3. The van der Waals surface area contributed by atoms with Crippen molar-refractivity contribution in [3.05, 3.63) is 93.3 Å². The van der Waals surface area contributed by atoms with E-state index in [1.54, 1.807) is 18.2 Å². The molecule has 1 aliphatic rings. The van der Waals surface area contributed by atoms with Gasteiger partial charge in [0.1, 0.15) is 29.7 Å². The lowest BCUT2D eigenvalue weighted by Gasteiger charge is -2.16. The first kappa shape index (κ1) is 24.7. The summed E-state index contributed by atoms with van der Waals surface area (Å²) < 4.78 is 73.3. The van der Waals surface area contributed by atoms with Crippen molar-refractivity contribution >= 4 is 28.7 Å². The van der Waals surface area contributed by atoms with Gasteiger partial charge in [-0.25, -0.2) is 18.6 Å². The van der Waals surface area contributed by atoms with Gasteiger partial charge in [0.15, 0.2) is 0 Å². The van der Waals surface area contributed by atoms with Crippen LogP contribution in [0.15, 0.2) is 48.5 Å². The van der Waals surface area contributed by atoms with Crippen molar-refractivity contribution in [1.29, 1.82) is 0 Å². The van der Waals surface area contributed by atoms with E-state index in [2.05, 4.69) is 4.98 Å². The number of carboxylic acid groups (broad SMARTS) is 1. The molecular weight excluding hydrogens is 493 g/mol. The second-order valence-electron chi connectivity index (χ2n) is 7.90. The van der Waals surface area contributed by atoms with Gasteiger partial charge >= 0.3 is 12.1 Å². The van der Waals surface area contributed by atoms with E-state index in [4.69, 9.17) is 16.3 Å². The standard InChI is InChI=1S/C25H17ClF5NO3/c26-15-5-7-23(35-12-13-4-6-16(27)11-20(13)28)19(10-15)17-2-1-3-18(17)21-8-14(25(29,30)31)9-22(32-21)24(33)34/h4-11H,1-3,12H2,(H,33,34). The summed E-state index contributed by atoms with van der Waals surface area (Å²) in [5.41, 5.74) is -0.303. The third kappa shape index (κ3) is 5.45. The molecule has 4 rings (SSSR count). The average Bonchev–Trinajstić information content (AvgIpc) is 3.28. The Balaban J connectivity index is 1.78. The third-order valence-electron chi connectivity index (χ3n) is 5.56. The highest BCUT2D eigenvalue weighted by molar-refractivity contribution is 6.30. The van der Waals surface area contributed by atoms with Crippen LogP contribution in [0.1, 0.15) is 52.1 Å². The number of allylic oxidation sites excluding steroid dienone is 2. The quantitative estimate of drug-likeness (QED) is 0.352. The fourth-order valence-electron chi connectivity index (χ4n) is 3.94. The Morgan fingerprint density at radius 1 is 1.03 bits per heavy atom. The van der Waals surface area contributed by atoms with Crippen molar-refractivity contribution in [3.8, 4) is 5.75 Å². The number of pyridine rings is 1. The molecule has 1 aromatic heterocycles. The fourth-order valence-corrected chi connectivity index (χ4v) is 4.11. The van der Waals surface area contributed by atoms with E-state index in [1.807, 2.05) is 0 Å². The summed E-state index contributed by atoms with van der Waals surface area (Å²) in [5, 5.41) is 9.62. The third-order valence-corrected chi connectivity index (χ3v) is 5.80. The molecule has 0 atom stereocenters. The molecule has 3 aromatic rings. The number of carbonyl (C=O) groups is 1. The van der Waals surface area contributed by atoms with Crippen molar-refractivity contribution in [2.75, 3.05) is 0 Å². The van der Waals surface area contributed by atoms with Gasteiger partial charge in [0.05, 0.1) is 11.3 Å². The molecule has 0 aliphatic heterocycles. The monoisotopic (exact) mass is 509 g/mol. The minimum Gasteiger partial charge on any atom is -0.488 e. The summed E-state index contributed by atoms with van der Waals surface area (Å²) in [5.74, 6) is -2.80. The van der Waals surface area contributed by atoms with Crippen LogP contribution in [0.3, 0.4) is 0 Å². The van der Waals surface area contributed by atoms with Crippen molar-refractivity contribution in [2.24, 2.45) is 0 Å². The van der Waals surface area contributed by atoms with Gasteiger partial charge in [0, 0.05) is 22.2 Å². The number of nitrogens with zero attached hydrogens (tertiary/aromatic N) is 1. The minimum absolute atomic E-state index is 0.0970. The van der Waals surface area contributed by atoms with Crippen LogP contribution in [0.2, 0.25) is 5.02 Å². The van der Waals surface area contributed by atoms with Gasteiger partial charge < -0.3 is 9.84 Å². The SMILES string of the molecule is O=C(O)c1cc(C(F)(F)F)cc(C2=C(c3cc(Cl)ccc3OCc3ccc(F)cc3F)CCC2)n1. The Kier molecular flexibility index (Phi) is 6.80. The van der Waals surface area contributed by atoms with Crippen LogP contribution in [-0.2, 0) is 12.8 Å². The van der Waals surface area contributed by atoms with Crippen LogP contribution >= 0.6 is 11.6 Å². The molecule has 0 fully saturated rings. The van der Waals surface area contributed by atoms with Gasteiger partial charge in [-0.15, -0.1) is 0 Å². The summed E-state index contributed by atoms with van der Waals surface area (Å²) in [6.45, 7) is -0.228. The minimum atomic E-state index is -4.76. The Bertz CT molecular complexity index is 1340. The number of carboxylic acids is 1.